The van der Waals surface area contributed by atoms with Crippen LogP contribution in [0.1, 0.15) is 78.6 Å². The van der Waals surface area contributed by atoms with Crippen molar-refractivity contribution < 1.29 is 0 Å². The minimum atomic E-state index is 0.623. The number of nitrogens with zero attached hydrogens (tertiary/aromatic N) is 1. The van der Waals surface area contributed by atoms with E-state index >= 15 is 0 Å². The number of nitrogens with one attached hydrogen (secondary N) is 1. The minimum absolute atomic E-state index is 0.623. The fourth-order valence-electron chi connectivity index (χ4n) is 3.05. The number of piperidine rings is 1. The first-order valence-corrected chi connectivity index (χ1v) is 8.71. The molecule has 0 amide bonds. The van der Waals surface area contributed by atoms with Gasteiger partial charge in [0.05, 0.1) is 0 Å². The van der Waals surface area contributed by atoms with Crippen LogP contribution in [0.4, 0.5) is 0 Å². The fourth-order valence-corrected chi connectivity index (χ4v) is 3.05. The van der Waals surface area contributed by atoms with Crippen molar-refractivity contribution in [1.29, 1.82) is 0 Å². The maximum absolute atomic E-state index is 3.62. The van der Waals surface area contributed by atoms with Crippen molar-refractivity contribution in [2.24, 2.45) is 0 Å². The monoisotopic (exact) mass is 268 g/mol. The third-order valence-corrected chi connectivity index (χ3v) is 4.31. The van der Waals surface area contributed by atoms with E-state index in [1.54, 1.807) is 0 Å². The van der Waals surface area contributed by atoms with Crippen molar-refractivity contribution in [2.75, 3.05) is 19.6 Å². The Hall–Kier alpha value is -0.0800. The summed E-state index contributed by atoms with van der Waals surface area (Å²) in [4.78, 5) is 2.75. The lowest BCUT2D eigenvalue weighted by Gasteiger charge is -2.36. The molecule has 1 aliphatic rings. The van der Waals surface area contributed by atoms with Crippen molar-refractivity contribution in [3.63, 3.8) is 0 Å². The Kier molecular flexibility index (Phi) is 9.54. The second-order valence-electron chi connectivity index (χ2n) is 6.52. The van der Waals surface area contributed by atoms with Gasteiger partial charge in [-0.15, -0.1) is 0 Å². The summed E-state index contributed by atoms with van der Waals surface area (Å²) in [6, 6.07) is 1.42. The van der Waals surface area contributed by atoms with E-state index in [0.29, 0.717) is 6.04 Å². The molecule has 0 aromatic heterocycles. The highest BCUT2D eigenvalue weighted by molar-refractivity contribution is 4.79. The van der Waals surface area contributed by atoms with Crippen LogP contribution in [-0.4, -0.2) is 36.6 Å². The second kappa shape index (κ2) is 10.7. The third-order valence-electron chi connectivity index (χ3n) is 4.31. The molecule has 1 N–H and O–H groups in total. The Morgan fingerprint density at radius 3 is 2.53 bits per heavy atom. The van der Waals surface area contributed by atoms with Gasteiger partial charge in [-0.1, -0.05) is 59.3 Å². The number of unbranched alkanes of at least 4 members (excludes halogenated alkanes) is 5. The predicted molar refractivity (Wildman–Crippen MR) is 85.7 cm³/mol. The largest absolute Gasteiger partial charge is 0.313 e. The highest BCUT2D eigenvalue weighted by Crippen LogP contribution is 2.17. The lowest BCUT2D eigenvalue weighted by Crippen LogP contribution is -2.47. The van der Waals surface area contributed by atoms with Gasteiger partial charge in [0, 0.05) is 18.6 Å². The van der Waals surface area contributed by atoms with Crippen molar-refractivity contribution in [3.8, 4) is 0 Å². The molecule has 1 saturated heterocycles. The Morgan fingerprint density at radius 2 is 1.79 bits per heavy atom. The topological polar surface area (TPSA) is 15.3 Å². The molecule has 1 aliphatic heterocycles. The number of hydrogen-bond donors (Lipinski definition) is 1. The van der Waals surface area contributed by atoms with Gasteiger partial charge in [0.1, 0.15) is 0 Å². The molecule has 1 fully saturated rings. The second-order valence-corrected chi connectivity index (χ2v) is 6.52. The van der Waals surface area contributed by atoms with E-state index in [1.807, 2.05) is 0 Å². The smallest absolute Gasteiger partial charge is 0.0220 e. The summed E-state index contributed by atoms with van der Waals surface area (Å²) in [5, 5.41) is 3.62. The standard InChI is InChI=1S/C17H36N2/c1-4-5-6-7-8-10-13-19-14-11-9-12-17(19)15-18-16(2)3/h16-18H,4-15H2,1-3H3. The molecule has 0 aromatic carbocycles. The maximum atomic E-state index is 3.62. The lowest BCUT2D eigenvalue weighted by molar-refractivity contribution is 0.141. The molecule has 1 atom stereocenters. The molecule has 0 spiro atoms. The van der Waals surface area contributed by atoms with Crippen molar-refractivity contribution >= 4 is 0 Å². The van der Waals surface area contributed by atoms with E-state index in [9.17, 15) is 0 Å². The summed E-state index contributed by atoms with van der Waals surface area (Å²) in [5.74, 6) is 0. The SMILES string of the molecule is CCCCCCCCN1CCCCC1CNC(C)C. The van der Waals surface area contributed by atoms with E-state index < -0.39 is 0 Å². The van der Waals surface area contributed by atoms with Gasteiger partial charge in [0.2, 0.25) is 0 Å². The van der Waals surface area contributed by atoms with Gasteiger partial charge < -0.3 is 5.32 Å². The Balaban J connectivity index is 2.13. The van der Waals surface area contributed by atoms with Crippen LogP contribution in [0.25, 0.3) is 0 Å². The van der Waals surface area contributed by atoms with Crippen molar-refractivity contribution in [1.82, 2.24) is 10.2 Å². The highest BCUT2D eigenvalue weighted by Gasteiger charge is 2.21. The lowest BCUT2D eigenvalue weighted by atomic mass is 10.0. The Labute approximate surface area is 121 Å². The zero-order valence-electron chi connectivity index (χ0n) is 13.6. The van der Waals surface area contributed by atoms with Crippen LogP contribution in [-0.2, 0) is 0 Å². The van der Waals surface area contributed by atoms with E-state index in [2.05, 4.69) is 31.0 Å². The maximum Gasteiger partial charge on any atom is 0.0220 e. The summed E-state index contributed by atoms with van der Waals surface area (Å²) >= 11 is 0. The number of hydrogen-bond acceptors (Lipinski definition) is 2. The van der Waals surface area contributed by atoms with Crippen LogP contribution in [0.2, 0.25) is 0 Å². The van der Waals surface area contributed by atoms with Gasteiger partial charge in [0.25, 0.3) is 0 Å². The average Bonchev–Trinajstić information content (AvgIpc) is 2.41. The van der Waals surface area contributed by atoms with Gasteiger partial charge in [-0.3, -0.25) is 4.90 Å². The first-order valence-electron chi connectivity index (χ1n) is 8.71. The summed E-state index contributed by atoms with van der Waals surface area (Å²) in [5.41, 5.74) is 0. The first kappa shape index (κ1) is 17.0. The molecule has 0 radical (unpaired) electrons. The third kappa shape index (κ3) is 7.94. The molecule has 2 nitrogen and oxygen atoms in total. The summed E-state index contributed by atoms with van der Waals surface area (Å²) in [7, 11) is 0. The van der Waals surface area contributed by atoms with Gasteiger partial charge in [-0.25, -0.2) is 0 Å². The molecular formula is C17H36N2. The summed E-state index contributed by atoms with van der Waals surface area (Å²) in [6.45, 7) is 10.6. The molecule has 114 valence electrons. The Bertz CT molecular complexity index is 203. The molecule has 0 bridgehead atoms. The minimum Gasteiger partial charge on any atom is -0.313 e. The van der Waals surface area contributed by atoms with E-state index in [4.69, 9.17) is 0 Å². The van der Waals surface area contributed by atoms with Gasteiger partial charge in [-0.2, -0.15) is 0 Å². The van der Waals surface area contributed by atoms with Crippen LogP contribution in [0.3, 0.4) is 0 Å². The summed E-state index contributed by atoms with van der Waals surface area (Å²) < 4.78 is 0. The van der Waals surface area contributed by atoms with Crippen LogP contribution < -0.4 is 5.32 Å². The van der Waals surface area contributed by atoms with Crippen LogP contribution in [0.5, 0.6) is 0 Å². The van der Waals surface area contributed by atoms with E-state index in [-0.39, 0.29) is 0 Å². The molecule has 19 heavy (non-hydrogen) atoms. The van der Waals surface area contributed by atoms with E-state index in [0.717, 1.165) is 6.04 Å². The first-order chi connectivity index (χ1) is 9.24. The number of likely N-dealkylation sites (tertiary alicyclic amines) is 1. The van der Waals surface area contributed by atoms with Gasteiger partial charge >= 0.3 is 0 Å². The molecule has 0 aliphatic carbocycles. The molecule has 2 heteroatoms. The average molecular weight is 268 g/mol. The van der Waals surface area contributed by atoms with Crippen molar-refractivity contribution in [3.05, 3.63) is 0 Å². The molecule has 1 rings (SSSR count). The molecular weight excluding hydrogens is 232 g/mol. The molecule has 1 unspecified atom stereocenters. The van der Waals surface area contributed by atoms with Crippen LogP contribution >= 0.6 is 0 Å². The summed E-state index contributed by atoms with van der Waals surface area (Å²) in [6.07, 6.45) is 12.7. The molecule has 1 heterocycles. The molecule has 0 saturated carbocycles. The zero-order chi connectivity index (χ0) is 13.9. The van der Waals surface area contributed by atoms with Crippen LogP contribution in [0.15, 0.2) is 0 Å². The highest BCUT2D eigenvalue weighted by atomic mass is 15.2. The molecule has 0 aromatic rings. The van der Waals surface area contributed by atoms with E-state index in [1.165, 1.54) is 77.4 Å². The quantitative estimate of drug-likeness (QED) is 0.597. The van der Waals surface area contributed by atoms with Gasteiger partial charge in [-0.05, 0) is 32.4 Å². The fraction of sp³-hybridized carbons (Fsp3) is 1.00. The van der Waals surface area contributed by atoms with Crippen molar-refractivity contribution in [2.45, 2.75) is 90.6 Å². The van der Waals surface area contributed by atoms with Gasteiger partial charge in [0.15, 0.2) is 0 Å². The normalized spacial score (nSPS) is 21.2. The number of rotatable bonds is 10. The van der Waals surface area contributed by atoms with Crippen LogP contribution in [0, 0.1) is 0 Å². The zero-order valence-corrected chi connectivity index (χ0v) is 13.6. The Morgan fingerprint density at radius 1 is 1.05 bits per heavy atom. The predicted octanol–water partition coefficient (Wildman–Crippen LogP) is 4.20.